The molecule has 0 radical (unpaired) electrons. The van der Waals surface area contributed by atoms with Crippen LogP contribution in [0.25, 0.3) is 0 Å². The molecule has 1 aromatic rings. The predicted octanol–water partition coefficient (Wildman–Crippen LogP) is 2.51. The molecule has 5 nitrogen and oxygen atoms in total. The summed E-state index contributed by atoms with van der Waals surface area (Å²) in [7, 11) is 1.87. The SMILES string of the molecule is CC(C)=CCO[C@@H]1COCC[C@H]1NC(=O)CN(C)Cc1ccc(F)cc1. The van der Waals surface area contributed by atoms with Gasteiger partial charge in [0, 0.05) is 13.2 Å². The molecule has 1 heterocycles. The molecule has 1 amide bonds. The second-order valence-electron chi connectivity index (χ2n) is 6.99. The fourth-order valence-electron chi connectivity index (χ4n) is 2.83. The van der Waals surface area contributed by atoms with Crippen molar-refractivity contribution >= 4 is 5.91 Å². The van der Waals surface area contributed by atoms with Crippen LogP contribution in [0.4, 0.5) is 4.39 Å². The smallest absolute Gasteiger partial charge is 0.234 e. The molecule has 6 heteroatoms. The Hall–Kier alpha value is -1.76. The van der Waals surface area contributed by atoms with Crippen molar-refractivity contribution < 1.29 is 18.7 Å². The molecule has 0 saturated carbocycles. The highest BCUT2D eigenvalue weighted by Crippen LogP contribution is 2.12. The Morgan fingerprint density at radius 3 is 2.81 bits per heavy atom. The van der Waals surface area contributed by atoms with Crippen LogP contribution in [0.15, 0.2) is 35.9 Å². The molecule has 2 rings (SSSR count). The van der Waals surface area contributed by atoms with Crippen LogP contribution in [-0.2, 0) is 20.8 Å². The average Bonchev–Trinajstić information content (AvgIpc) is 2.58. The Bertz CT molecular complexity index is 600. The topological polar surface area (TPSA) is 50.8 Å². The molecule has 0 spiro atoms. The van der Waals surface area contributed by atoms with Gasteiger partial charge in [-0.25, -0.2) is 4.39 Å². The number of likely N-dealkylation sites (N-methyl/N-ethyl adjacent to an activating group) is 1. The van der Waals surface area contributed by atoms with E-state index >= 15 is 0 Å². The minimum atomic E-state index is -0.257. The summed E-state index contributed by atoms with van der Waals surface area (Å²) in [4.78, 5) is 14.3. The van der Waals surface area contributed by atoms with Crippen molar-refractivity contribution in [2.45, 2.75) is 39.0 Å². The highest BCUT2D eigenvalue weighted by molar-refractivity contribution is 5.78. The van der Waals surface area contributed by atoms with E-state index in [9.17, 15) is 9.18 Å². The number of benzene rings is 1. The van der Waals surface area contributed by atoms with Crippen LogP contribution in [0.5, 0.6) is 0 Å². The maximum atomic E-state index is 13.0. The minimum absolute atomic E-state index is 0.0407. The van der Waals surface area contributed by atoms with Gasteiger partial charge in [0.05, 0.1) is 25.8 Å². The summed E-state index contributed by atoms with van der Waals surface area (Å²) in [6.07, 6.45) is 2.63. The third kappa shape index (κ3) is 7.23. The standard InChI is InChI=1S/C20H29FN2O3/c1-15(2)8-11-26-19-14-25-10-9-18(19)22-20(24)13-23(3)12-16-4-6-17(21)7-5-16/h4-8,18-19H,9-14H2,1-3H3,(H,22,24)/t18-,19-/m1/s1. The van der Waals surface area contributed by atoms with Gasteiger partial charge in [-0.15, -0.1) is 0 Å². The van der Waals surface area contributed by atoms with E-state index in [4.69, 9.17) is 9.47 Å². The van der Waals surface area contributed by atoms with Crippen LogP contribution in [0.3, 0.4) is 0 Å². The Labute approximate surface area is 155 Å². The van der Waals surface area contributed by atoms with Crippen molar-refractivity contribution in [2.24, 2.45) is 0 Å². The lowest BCUT2D eigenvalue weighted by Crippen LogP contribution is -2.51. The zero-order valence-electron chi connectivity index (χ0n) is 15.8. The zero-order chi connectivity index (χ0) is 18.9. The summed E-state index contributed by atoms with van der Waals surface area (Å²) >= 11 is 0. The normalized spacial score (nSPS) is 20.0. The molecule has 0 bridgehead atoms. The molecule has 0 unspecified atom stereocenters. The number of rotatable bonds is 8. The van der Waals surface area contributed by atoms with E-state index in [0.29, 0.717) is 26.4 Å². The van der Waals surface area contributed by atoms with Crippen molar-refractivity contribution in [3.8, 4) is 0 Å². The van der Waals surface area contributed by atoms with E-state index in [-0.39, 0.29) is 30.4 Å². The molecular formula is C20H29FN2O3. The van der Waals surface area contributed by atoms with Gasteiger partial charge in [0.15, 0.2) is 0 Å². The zero-order valence-corrected chi connectivity index (χ0v) is 15.8. The quantitative estimate of drug-likeness (QED) is 0.720. The van der Waals surface area contributed by atoms with Crippen LogP contribution in [-0.4, -0.2) is 56.4 Å². The second-order valence-corrected chi connectivity index (χ2v) is 6.99. The Kier molecular flexibility index (Phi) is 8.22. The molecule has 0 aromatic heterocycles. The van der Waals surface area contributed by atoms with Gasteiger partial charge in [0.1, 0.15) is 11.9 Å². The van der Waals surface area contributed by atoms with Gasteiger partial charge in [0.2, 0.25) is 5.91 Å². The molecule has 2 atom stereocenters. The average molecular weight is 364 g/mol. The van der Waals surface area contributed by atoms with Gasteiger partial charge in [0.25, 0.3) is 0 Å². The molecule has 1 N–H and O–H groups in total. The van der Waals surface area contributed by atoms with E-state index in [1.807, 2.05) is 31.9 Å². The van der Waals surface area contributed by atoms with Crippen molar-refractivity contribution in [1.29, 1.82) is 0 Å². The van der Waals surface area contributed by atoms with E-state index in [1.54, 1.807) is 12.1 Å². The molecule has 1 aliphatic rings. The monoisotopic (exact) mass is 364 g/mol. The van der Waals surface area contributed by atoms with Gasteiger partial charge in [-0.05, 0) is 45.0 Å². The molecule has 0 aliphatic carbocycles. The van der Waals surface area contributed by atoms with Crippen molar-refractivity contribution in [3.05, 3.63) is 47.3 Å². The van der Waals surface area contributed by atoms with Crippen LogP contribution in [0, 0.1) is 5.82 Å². The first-order valence-electron chi connectivity index (χ1n) is 8.99. The third-order valence-corrected chi connectivity index (χ3v) is 4.23. The molecule has 1 saturated heterocycles. The minimum Gasteiger partial charge on any atom is -0.379 e. The van der Waals surface area contributed by atoms with Crippen LogP contribution < -0.4 is 5.32 Å². The Morgan fingerprint density at radius 2 is 2.12 bits per heavy atom. The number of nitrogens with one attached hydrogen (secondary N) is 1. The number of carbonyl (C=O) groups is 1. The summed E-state index contributed by atoms with van der Waals surface area (Å²) in [5, 5.41) is 3.07. The first-order chi connectivity index (χ1) is 12.4. The molecule has 1 aromatic carbocycles. The van der Waals surface area contributed by atoms with Gasteiger partial charge >= 0.3 is 0 Å². The Balaban J connectivity index is 1.80. The lowest BCUT2D eigenvalue weighted by Gasteiger charge is -2.32. The first-order valence-corrected chi connectivity index (χ1v) is 8.99. The Morgan fingerprint density at radius 1 is 1.38 bits per heavy atom. The number of allylic oxidation sites excluding steroid dienone is 1. The summed E-state index contributed by atoms with van der Waals surface area (Å²) < 4.78 is 24.3. The summed E-state index contributed by atoms with van der Waals surface area (Å²) in [5.41, 5.74) is 2.17. The number of carbonyl (C=O) groups excluding carboxylic acids is 1. The van der Waals surface area contributed by atoms with Crippen molar-refractivity contribution in [3.63, 3.8) is 0 Å². The highest BCUT2D eigenvalue weighted by Gasteiger charge is 2.27. The van der Waals surface area contributed by atoms with Crippen molar-refractivity contribution in [1.82, 2.24) is 10.2 Å². The van der Waals surface area contributed by atoms with E-state index < -0.39 is 0 Å². The van der Waals surface area contributed by atoms with Crippen molar-refractivity contribution in [2.75, 3.05) is 33.4 Å². The molecule has 1 fully saturated rings. The van der Waals surface area contributed by atoms with Gasteiger partial charge < -0.3 is 14.8 Å². The van der Waals surface area contributed by atoms with Gasteiger partial charge in [-0.1, -0.05) is 23.8 Å². The summed E-state index contributed by atoms with van der Waals surface area (Å²) in [6, 6.07) is 6.28. The van der Waals surface area contributed by atoms with Crippen LogP contribution in [0.1, 0.15) is 25.8 Å². The molecular weight excluding hydrogens is 335 g/mol. The number of hydrogen-bond acceptors (Lipinski definition) is 4. The summed E-state index contributed by atoms with van der Waals surface area (Å²) in [6.45, 7) is 6.55. The summed E-state index contributed by atoms with van der Waals surface area (Å²) in [5.74, 6) is -0.301. The molecule has 1 aliphatic heterocycles. The first kappa shape index (κ1) is 20.6. The highest BCUT2D eigenvalue weighted by atomic mass is 19.1. The predicted molar refractivity (Wildman–Crippen MR) is 99.3 cm³/mol. The van der Waals surface area contributed by atoms with E-state index in [2.05, 4.69) is 5.32 Å². The largest absolute Gasteiger partial charge is 0.379 e. The third-order valence-electron chi connectivity index (χ3n) is 4.23. The van der Waals surface area contributed by atoms with Gasteiger partial charge in [-0.2, -0.15) is 0 Å². The maximum absolute atomic E-state index is 13.0. The van der Waals surface area contributed by atoms with E-state index in [0.717, 1.165) is 12.0 Å². The maximum Gasteiger partial charge on any atom is 0.234 e. The lowest BCUT2D eigenvalue weighted by atomic mass is 10.1. The number of amides is 1. The fraction of sp³-hybridized carbons (Fsp3) is 0.550. The van der Waals surface area contributed by atoms with Crippen LogP contribution in [0.2, 0.25) is 0 Å². The van der Waals surface area contributed by atoms with Crippen LogP contribution >= 0.6 is 0 Å². The number of nitrogens with zero attached hydrogens (tertiary/aromatic N) is 1. The van der Waals surface area contributed by atoms with E-state index in [1.165, 1.54) is 17.7 Å². The lowest BCUT2D eigenvalue weighted by molar-refractivity contribution is -0.126. The molecule has 26 heavy (non-hydrogen) atoms. The number of ether oxygens (including phenoxy) is 2. The second kappa shape index (κ2) is 10.4. The van der Waals surface area contributed by atoms with Gasteiger partial charge in [-0.3, -0.25) is 9.69 Å². The number of halogens is 1. The fourth-order valence-corrected chi connectivity index (χ4v) is 2.83. The number of hydrogen-bond donors (Lipinski definition) is 1. The molecule has 144 valence electrons.